The highest BCUT2D eigenvalue weighted by Crippen LogP contribution is 2.29. The number of ether oxygens (including phenoxy) is 3. The third kappa shape index (κ3) is 11.1. The van der Waals surface area contributed by atoms with Gasteiger partial charge in [0.25, 0.3) is 0 Å². The summed E-state index contributed by atoms with van der Waals surface area (Å²) < 4.78 is 16.3. The van der Waals surface area contributed by atoms with E-state index in [2.05, 4.69) is 17.4 Å². The molecule has 2 amide bonds. The normalized spacial score (nSPS) is 11.2. The van der Waals surface area contributed by atoms with Crippen LogP contribution in [0.5, 0.6) is 11.5 Å². The van der Waals surface area contributed by atoms with Gasteiger partial charge in [-0.3, -0.25) is 9.59 Å². The summed E-state index contributed by atoms with van der Waals surface area (Å²) in [7, 11) is 3.33. The summed E-state index contributed by atoms with van der Waals surface area (Å²) in [5.74, 6) is 1.10. The van der Waals surface area contributed by atoms with E-state index < -0.39 is 11.3 Å². The molecule has 0 fully saturated rings. The molecule has 0 saturated carbocycles. The lowest BCUT2D eigenvalue weighted by Gasteiger charge is -2.20. The maximum Gasteiger partial charge on any atom is 0.224 e. The van der Waals surface area contributed by atoms with Crippen LogP contribution in [0, 0.1) is 5.41 Å². The van der Waals surface area contributed by atoms with Gasteiger partial charge in [0.1, 0.15) is 0 Å². The van der Waals surface area contributed by atoms with Crippen molar-refractivity contribution >= 4 is 11.8 Å². The summed E-state index contributed by atoms with van der Waals surface area (Å²) >= 11 is 0. The van der Waals surface area contributed by atoms with Gasteiger partial charge in [-0.15, -0.1) is 0 Å². The quantitative estimate of drug-likeness (QED) is 0.363. The summed E-state index contributed by atoms with van der Waals surface area (Å²) in [6, 6.07) is 6.10. The summed E-state index contributed by atoms with van der Waals surface area (Å²) in [5, 5.41) is 2.80. The average Bonchev–Trinajstić information content (AvgIpc) is 2.74. The Balaban J connectivity index is 2.22. The van der Waals surface area contributed by atoms with Gasteiger partial charge in [-0.2, -0.15) is 0 Å². The van der Waals surface area contributed by atoms with Crippen LogP contribution >= 0.6 is 0 Å². The number of aryl methyl sites for hydroxylation is 1. The number of amides is 2. The third-order valence-corrected chi connectivity index (χ3v) is 5.24. The molecule has 0 aliphatic rings. The molecule has 31 heavy (non-hydrogen) atoms. The Kier molecular flexibility index (Phi) is 12.7. The van der Waals surface area contributed by atoms with Crippen molar-refractivity contribution in [1.82, 2.24) is 5.32 Å². The molecule has 7 nitrogen and oxygen atoms in total. The summed E-state index contributed by atoms with van der Waals surface area (Å²) in [5.41, 5.74) is 5.83. The number of methoxy groups -OCH3 is 2. The Morgan fingerprint density at radius 1 is 0.968 bits per heavy atom. The van der Waals surface area contributed by atoms with Crippen LogP contribution < -0.4 is 20.5 Å². The topological polar surface area (TPSA) is 99.9 Å². The van der Waals surface area contributed by atoms with Crippen molar-refractivity contribution in [3.63, 3.8) is 0 Å². The van der Waals surface area contributed by atoms with Crippen LogP contribution in [0.1, 0.15) is 64.4 Å². The molecule has 176 valence electrons. The van der Waals surface area contributed by atoms with Crippen molar-refractivity contribution in [3.05, 3.63) is 23.8 Å². The number of primary amides is 1. The summed E-state index contributed by atoms with van der Waals surface area (Å²) in [6.07, 6.45) is 7.48. The Bertz CT molecular complexity index is 676. The predicted octanol–water partition coefficient (Wildman–Crippen LogP) is 3.62. The van der Waals surface area contributed by atoms with Gasteiger partial charge in [0.05, 0.1) is 19.1 Å². The second-order valence-electron chi connectivity index (χ2n) is 8.47. The maximum absolute atomic E-state index is 11.9. The molecule has 1 rings (SSSR count). The molecule has 0 aliphatic heterocycles. The van der Waals surface area contributed by atoms with Crippen LogP contribution in [0.2, 0.25) is 0 Å². The van der Waals surface area contributed by atoms with Crippen molar-refractivity contribution in [3.8, 4) is 11.5 Å². The SMILES string of the molecule is COCCCOc1cc(CCCCCCCC(=O)NCC(C)(C)C(N)=O)ccc1OC. The minimum atomic E-state index is -0.716. The lowest BCUT2D eigenvalue weighted by Crippen LogP contribution is -2.42. The van der Waals surface area contributed by atoms with Gasteiger partial charge >= 0.3 is 0 Å². The van der Waals surface area contributed by atoms with Gasteiger partial charge in [0.2, 0.25) is 11.8 Å². The van der Waals surface area contributed by atoms with E-state index in [0.29, 0.717) is 19.6 Å². The zero-order valence-electron chi connectivity index (χ0n) is 19.6. The van der Waals surface area contributed by atoms with Gasteiger partial charge in [0.15, 0.2) is 11.5 Å². The Morgan fingerprint density at radius 3 is 2.35 bits per heavy atom. The highest BCUT2D eigenvalue weighted by atomic mass is 16.5. The Labute approximate surface area is 187 Å². The molecule has 0 radical (unpaired) electrons. The number of carbonyl (C=O) groups excluding carboxylic acids is 2. The number of rotatable bonds is 17. The molecular formula is C24H40N2O5. The standard InChI is InChI=1S/C24H40N2O5/c1-24(2,23(25)28)18-26-22(27)12-9-7-5-6-8-11-19-13-14-20(30-4)21(17-19)31-16-10-15-29-3/h13-14,17H,5-12,15-16,18H2,1-4H3,(H2,25,28)(H,26,27). The zero-order valence-corrected chi connectivity index (χ0v) is 19.6. The molecule has 0 atom stereocenters. The average molecular weight is 437 g/mol. The first-order valence-corrected chi connectivity index (χ1v) is 11.2. The Hall–Kier alpha value is -2.28. The molecule has 0 unspecified atom stereocenters. The van der Waals surface area contributed by atoms with E-state index in [1.807, 2.05) is 6.07 Å². The fourth-order valence-corrected chi connectivity index (χ4v) is 3.01. The molecule has 0 spiro atoms. The number of unbranched alkanes of at least 4 members (excludes halogenated alkanes) is 4. The Morgan fingerprint density at radius 2 is 1.68 bits per heavy atom. The first-order chi connectivity index (χ1) is 14.8. The molecule has 0 bridgehead atoms. The van der Waals surface area contributed by atoms with E-state index in [0.717, 1.165) is 56.4 Å². The van der Waals surface area contributed by atoms with Crippen LogP contribution in [0.15, 0.2) is 18.2 Å². The molecule has 1 aromatic rings. The van der Waals surface area contributed by atoms with Crippen LogP contribution in [-0.4, -0.2) is 45.8 Å². The van der Waals surface area contributed by atoms with Crippen molar-refractivity contribution in [2.45, 2.75) is 65.2 Å². The second-order valence-corrected chi connectivity index (χ2v) is 8.47. The van der Waals surface area contributed by atoms with Crippen LogP contribution in [0.3, 0.4) is 0 Å². The smallest absolute Gasteiger partial charge is 0.224 e. The van der Waals surface area contributed by atoms with Crippen LogP contribution in [-0.2, 0) is 20.7 Å². The first kappa shape index (κ1) is 26.8. The lowest BCUT2D eigenvalue weighted by atomic mass is 9.93. The van der Waals surface area contributed by atoms with Gasteiger partial charge in [-0.1, -0.05) is 25.3 Å². The van der Waals surface area contributed by atoms with Gasteiger partial charge in [-0.05, 0) is 50.8 Å². The van der Waals surface area contributed by atoms with E-state index in [1.54, 1.807) is 28.1 Å². The van der Waals surface area contributed by atoms with E-state index in [9.17, 15) is 9.59 Å². The molecule has 7 heteroatoms. The number of nitrogens with one attached hydrogen (secondary N) is 1. The van der Waals surface area contributed by atoms with Crippen LogP contribution in [0.4, 0.5) is 0 Å². The third-order valence-electron chi connectivity index (χ3n) is 5.24. The van der Waals surface area contributed by atoms with E-state index in [-0.39, 0.29) is 12.5 Å². The number of hydrogen-bond donors (Lipinski definition) is 2. The molecule has 0 aromatic heterocycles. The van der Waals surface area contributed by atoms with E-state index >= 15 is 0 Å². The van der Waals surface area contributed by atoms with Crippen LogP contribution in [0.25, 0.3) is 0 Å². The number of hydrogen-bond acceptors (Lipinski definition) is 5. The van der Waals surface area contributed by atoms with Crippen molar-refractivity contribution in [2.75, 3.05) is 34.0 Å². The molecule has 3 N–H and O–H groups in total. The van der Waals surface area contributed by atoms with E-state index in [4.69, 9.17) is 19.9 Å². The fourth-order valence-electron chi connectivity index (χ4n) is 3.01. The maximum atomic E-state index is 11.9. The molecule has 0 aliphatic carbocycles. The van der Waals surface area contributed by atoms with Gasteiger partial charge in [-0.25, -0.2) is 0 Å². The number of carbonyl (C=O) groups is 2. The summed E-state index contributed by atoms with van der Waals surface area (Å²) in [6.45, 7) is 5.02. The van der Waals surface area contributed by atoms with Crippen molar-refractivity contribution in [1.29, 1.82) is 0 Å². The first-order valence-electron chi connectivity index (χ1n) is 11.2. The highest BCUT2D eigenvalue weighted by molar-refractivity contribution is 5.82. The molecule has 0 heterocycles. The van der Waals surface area contributed by atoms with Crippen molar-refractivity contribution < 1.29 is 23.8 Å². The van der Waals surface area contributed by atoms with Crippen molar-refractivity contribution in [2.24, 2.45) is 11.1 Å². The minimum Gasteiger partial charge on any atom is -0.493 e. The monoisotopic (exact) mass is 436 g/mol. The zero-order chi connectivity index (χ0) is 23.1. The molecule has 0 saturated heterocycles. The predicted molar refractivity (Wildman–Crippen MR) is 122 cm³/mol. The largest absolute Gasteiger partial charge is 0.493 e. The molecule has 1 aromatic carbocycles. The number of nitrogens with two attached hydrogens (primary N) is 1. The summed E-state index contributed by atoms with van der Waals surface area (Å²) in [4.78, 5) is 23.2. The highest BCUT2D eigenvalue weighted by Gasteiger charge is 2.25. The van der Waals surface area contributed by atoms with E-state index in [1.165, 1.54) is 5.56 Å². The minimum absolute atomic E-state index is 0.0226. The lowest BCUT2D eigenvalue weighted by molar-refractivity contribution is -0.127. The van der Waals surface area contributed by atoms with Gasteiger partial charge < -0.3 is 25.3 Å². The van der Waals surface area contributed by atoms with Gasteiger partial charge in [0, 0.05) is 33.1 Å². The number of benzene rings is 1. The molecular weight excluding hydrogens is 396 g/mol. The fraction of sp³-hybridized carbons (Fsp3) is 0.667. The second kappa shape index (κ2) is 14.7.